The smallest absolute Gasteiger partial charge is 0.407 e. The maximum Gasteiger partial charge on any atom is 0.407 e. The molecule has 2 N–H and O–H groups in total. The number of carbonyl (C=O) groups excluding carboxylic acids is 1. The number of amides is 1. The average Bonchev–Trinajstić information content (AvgIpc) is 3.02. The van der Waals surface area contributed by atoms with E-state index in [0.29, 0.717) is 5.56 Å². The van der Waals surface area contributed by atoms with Gasteiger partial charge in [-0.1, -0.05) is 37.3 Å². The second-order valence-corrected chi connectivity index (χ2v) is 5.39. The van der Waals surface area contributed by atoms with E-state index in [9.17, 15) is 9.59 Å². The van der Waals surface area contributed by atoms with Gasteiger partial charge in [0.25, 0.3) is 0 Å². The van der Waals surface area contributed by atoms with Crippen LogP contribution in [0.25, 0.3) is 0 Å². The molecule has 1 atom stereocenters. The van der Waals surface area contributed by atoms with Gasteiger partial charge < -0.3 is 15.2 Å². The fraction of sp³-hybridized carbons (Fsp3) is 0.353. The number of nitrogens with zero attached hydrogens (tertiary/aromatic N) is 2. The summed E-state index contributed by atoms with van der Waals surface area (Å²) in [7, 11) is 0. The van der Waals surface area contributed by atoms with Gasteiger partial charge in [0.2, 0.25) is 0 Å². The summed E-state index contributed by atoms with van der Waals surface area (Å²) in [5, 5.41) is 15.8. The van der Waals surface area contributed by atoms with Crippen LogP contribution in [-0.4, -0.2) is 26.9 Å². The maximum absolute atomic E-state index is 12.0. The number of benzene rings is 1. The molecule has 2 aromatic rings. The van der Waals surface area contributed by atoms with Crippen LogP contribution in [0.1, 0.15) is 36.9 Å². The number of carboxylic acids is 1. The van der Waals surface area contributed by atoms with Gasteiger partial charge in [-0.2, -0.15) is 5.10 Å². The summed E-state index contributed by atoms with van der Waals surface area (Å²) in [4.78, 5) is 23.0. The lowest BCUT2D eigenvalue weighted by molar-refractivity contribution is -0.137. The molecule has 0 spiro atoms. The summed E-state index contributed by atoms with van der Waals surface area (Å²) >= 11 is 0. The Balaban J connectivity index is 1.96. The lowest BCUT2D eigenvalue weighted by atomic mass is 10.1. The van der Waals surface area contributed by atoms with E-state index in [1.165, 1.54) is 0 Å². The number of rotatable bonds is 8. The molecule has 0 radical (unpaired) electrons. The Bertz CT molecular complexity index is 669. The Morgan fingerprint density at radius 2 is 2.08 bits per heavy atom. The first-order valence-corrected chi connectivity index (χ1v) is 7.80. The summed E-state index contributed by atoms with van der Waals surface area (Å²) in [6, 6.07) is 8.59. The van der Waals surface area contributed by atoms with Crippen molar-refractivity contribution in [2.75, 3.05) is 0 Å². The summed E-state index contributed by atoms with van der Waals surface area (Å²) < 4.78 is 6.87. The molecule has 0 aliphatic carbocycles. The second kappa shape index (κ2) is 8.71. The quantitative estimate of drug-likeness (QED) is 0.776. The van der Waals surface area contributed by atoms with Gasteiger partial charge in [-0.3, -0.25) is 9.48 Å². The van der Waals surface area contributed by atoms with Gasteiger partial charge in [-0.05, 0) is 12.0 Å². The number of ether oxygens (including phenoxy) is 1. The highest BCUT2D eigenvalue weighted by Gasteiger charge is 2.20. The number of nitrogens with one attached hydrogen (secondary N) is 1. The zero-order valence-electron chi connectivity index (χ0n) is 13.5. The largest absolute Gasteiger partial charge is 0.481 e. The molecule has 7 nitrogen and oxygen atoms in total. The molecule has 0 bridgehead atoms. The van der Waals surface area contributed by atoms with Crippen LogP contribution in [0.4, 0.5) is 4.79 Å². The van der Waals surface area contributed by atoms with Gasteiger partial charge in [0, 0.05) is 18.3 Å². The molecular formula is C17H21N3O4. The number of aliphatic carboxylic acids is 1. The van der Waals surface area contributed by atoms with Crippen LogP contribution in [0.15, 0.2) is 42.7 Å². The molecule has 1 unspecified atom stereocenters. The number of carboxylic acid groups (broad SMARTS) is 1. The molecule has 1 amide bonds. The zero-order valence-corrected chi connectivity index (χ0v) is 13.5. The molecule has 2 rings (SSSR count). The number of aromatic nitrogens is 2. The molecule has 1 aromatic carbocycles. The maximum atomic E-state index is 12.0. The van der Waals surface area contributed by atoms with Gasteiger partial charge in [-0.15, -0.1) is 0 Å². The minimum absolute atomic E-state index is 0.127. The Morgan fingerprint density at radius 1 is 1.33 bits per heavy atom. The minimum Gasteiger partial charge on any atom is -0.481 e. The summed E-state index contributed by atoms with van der Waals surface area (Å²) in [5.41, 5.74) is 1.50. The molecule has 0 aliphatic rings. The number of hydrogen-bond donors (Lipinski definition) is 2. The van der Waals surface area contributed by atoms with E-state index in [1.54, 1.807) is 17.1 Å². The van der Waals surface area contributed by atoms with Crippen LogP contribution in [0.3, 0.4) is 0 Å². The average molecular weight is 331 g/mol. The van der Waals surface area contributed by atoms with Gasteiger partial charge in [0.1, 0.15) is 6.61 Å². The van der Waals surface area contributed by atoms with Crippen LogP contribution in [0.2, 0.25) is 0 Å². The van der Waals surface area contributed by atoms with E-state index in [1.807, 2.05) is 37.3 Å². The van der Waals surface area contributed by atoms with E-state index in [2.05, 4.69) is 10.4 Å². The van der Waals surface area contributed by atoms with Gasteiger partial charge in [-0.25, -0.2) is 4.79 Å². The van der Waals surface area contributed by atoms with Crippen molar-refractivity contribution in [3.8, 4) is 0 Å². The first-order valence-electron chi connectivity index (χ1n) is 7.80. The Labute approximate surface area is 140 Å². The topological polar surface area (TPSA) is 93.5 Å². The fourth-order valence-electron chi connectivity index (χ4n) is 2.24. The third kappa shape index (κ3) is 5.42. The molecule has 1 aromatic heterocycles. The highest BCUT2D eigenvalue weighted by molar-refractivity contribution is 5.71. The Hall–Kier alpha value is -2.83. The van der Waals surface area contributed by atoms with E-state index < -0.39 is 18.1 Å². The first-order chi connectivity index (χ1) is 11.6. The van der Waals surface area contributed by atoms with Crippen molar-refractivity contribution in [3.05, 3.63) is 53.9 Å². The van der Waals surface area contributed by atoms with Crippen LogP contribution < -0.4 is 5.32 Å². The standard InChI is InChI=1S/C17H21N3O4/c1-2-8-20-11-14(10-18-20)15(9-16(21)22)19-17(23)24-12-13-6-4-3-5-7-13/h3-7,10-11,15H,2,8-9,12H2,1H3,(H,19,23)(H,21,22). The van der Waals surface area contributed by atoms with Crippen molar-refractivity contribution >= 4 is 12.1 Å². The Kier molecular flexibility index (Phi) is 6.36. The first kappa shape index (κ1) is 17.5. The zero-order chi connectivity index (χ0) is 17.4. The molecule has 0 saturated carbocycles. The number of aryl methyl sites for hydroxylation is 1. The van der Waals surface area contributed by atoms with Crippen molar-refractivity contribution in [2.45, 2.75) is 39.0 Å². The van der Waals surface area contributed by atoms with Crippen LogP contribution >= 0.6 is 0 Å². The van der Waals surface area contributed by atoms with Crippen LogP contribution in [0, 0.1) is 0 Å². The molecule has 7 heteroatoms. The third-order valence-corrected chi connectivity index (χ3v) is 3.39. The van der Waals surface area contributed by atoms with Crippen molar-refractivity contribution in [3.63, 3.8) is 0 Å². The molecule has 0 saturated heterocycles. The number of carbonyl (C=O) groups is 2. The van der Waals surface area contributed by atoms with Crippen molar-refractivity contribution in [2.24, 2.45) is 0 Å². The van der Waals surface area contributed by atoms with Crippen LogP contribution in [0.5, 0.6) is 0 Å². The highest BCUT2D eigenvalue weighted by atomic mass is 16.5. The molecule has 0 aliphatic heterocycles. The minimum atomic E-state index is -1.01. The second-order valence-electron chi connectivity index (χ2n) is 5.39. The van der Waals surface area contributed by atoms with E-state index >= 15 is 0 Å². The summed E-state index contributed by atoms with van der Waals surface area (Å²) in [6.45, 7) is 2.88. The van der Waals surface area contributed by atoms with E-state index in [0.717, 1.165) is 18.5 Å². The van der Waals surface area contributed by atoms with E-state index in [4.69, 9.17) is 9.84 Å². The lowest BCUT2D eigenvalue weighted by Gasteiger charge is -2.15. The van der Waals surface area contributed by atoms with Crippen molar-refractivity contribution in [1.82, 2.24) is 15.1 Å². The molecule has 24 heavy (non-hydrogen) atoms. The van der Waals surface area contributed by atoms with Crippen LogP contribution in [-0.2, 0) is 22.7 Å². The lowest BCUT2D eigenvalue weighted by Crippen LogP contribution is -2.30. The molecule has 0 fully saturated rings. The van der Waals surface area contributed by atoms with Gasteiger partial charge in [0.15, 0.2) is 0 Å². The monoisotopic (exact) mass is 331 g/mol. The Morgan fingerprint density at radius 3 is 2.75 bits per heavy atom. The third-order valence-electron chi connectivity index (χ3n) is 3.39. The summed E-state index contributed by atoms with van der Waals surface area (Å²) in [5.74, 6) is -1.01. The molecular weight excluding hydrogens is 310 g/mol. The SMILES string of the molecule is CCCn1cc(C(CC(=O)O)NC(=O)OCc2ccccc2)cn1. The normalized spacial score (nSPS) is 11.7. The van der Waals surface area contributed by atoms with Crippen molar-refractivity contribution < 1.29 is 19.4 Å². The highest BCUT2D eigenvalue weighted by Crippen LogP contribution is 2.17. The predicted octanol–water partition coefficient (Wildman–Crippen LogP) is 2.74. The van der Waals surface area contributed by atoms with Gasteiger partial charge in [0.05, 0.1) is 18.7 Å². The number of hydrogen-bond acceptors (Lipinski definition) is 4. The molecule has 128 valence electrons. The predicted molar refractivity (Wildman–Crippen MR) is 87.3 cm³/mol. The molecule has 1 heterocycles. The van der Waals surface area contributed by atoms with Crippen molar-refractivity contribution in [1.29, 1.82) is 0 Å². The van der Waals surface area contributed by atoms with E-state index in [-0.39, 0.29) is 13.0 Å². The number of alkyl carbamates (subject to hydrolysis) is 1. The van der Waals surface area contributed by atoms with Gasteiger partial charge >= 0.3 is 12.1 Å². The summed E-state index contributed by atoms with van der Waals surface area (Å²) in [6.07, 6.45) is 3.33. The fourth-order valence-corrected chi connectivity index (χ4v) is 2.24.